The van der Waals surface area contributed by atoms with Crippen molar-refractivity contribution >= 4 is 0 Å². The first-order valence-corrected chi connectivity index (χ1v) is 4.59. The summed E-state index contributed by atoms with van der Waals surface area (Å²) in [5.41, 5.74) is 5.38. The normalized spacial score (nSPS) is 14.9. The highest BCUT2D eigenvalue weighted by Crippen LogP contribution is 2.18. The van der Waals surface area contributed by atoms with Gasteiger partial charge in [-0.05, 0) is 27.7 Å². The number of nitrogens with zero attached hydrogens (tertiary/aromatic N) is 1. The molecule has 0 aromatic rings. The zero-order valence-electron chi connectivity index (χ0n) is 9.20. The van der Waals surface area contributed by atoms with Crippen LogP contribution in [0.3, 0.4) is 0 Å². The summed E-state index contributed by atoms with van der Waals surface area (Å²) in [7, 11) is 0. The van der Waals surface area contributed by atoms with Crippen molar-refractivity contribution in [2.75, 3.05) is 6.61 Å². The van der Waals surface area contributed by atoms with Gasteiger partial charge in [-0.15, -0.1) is 0 Å². The molecule has 0 aromatic heterocycles. The topological polar surface area (TPSA) is 68.3 Å². The minimum absolute atomic E-state index is 0.333. The molecule has 0 saturated heterocycles. The Morgan fingerprint density at radius 3 is 2.64 bits per heavy atom. The molecule has 0 fully saturated rings. The molecule has 0 saturated carbocycles. The lowest BCUT2D eigenvalue weighted by atomic mass is 10.1. The van der Waals surface area contributed by atoms with Gasteiger partial charge in [0.15, 0.2) is 6.29 Å². The lowest BCUT2D eigenvalue weighted by Gasteiger charge is -2.28. The van der Waals surface area contributed by atoms with E-state index in [-0.39, 0.29) is 6.29 Å². The Hall–Kier alpha value is -1.05. The molecule has 80 valence electrons. The maximum absolute atomic E-state index is 8.44. The summed E-state index contributed by atoms with van der Waals surface area (Å²) in [6.07, 6.45) is 0.944. The Morgan fingerprint density at radius 2 is 2.21 bits per heavy atom. The number of ether oxygens (including phenoxy) is 2. The van der Waals surface area contributed by atoms with Crippen molar-refractivity contribution in [3.63, 3.8) is 0 Å². The molecule has 0 aromatic carbocycles. The monoisotopic (exact) mass is 198 g/mol. The lowest BCUT2D eigenvalue weighted by Crippen LogP contribution is -2.36. The molecule has 0 radical (unpaired) electrons. The van der Waals surface area contributed by atoms with E-state index in [1.165, 1.54) is 6.08 Å². The van der Waals surface area contributed by atoms with Gasteiger partial charge in [0.2, 0.25) is 0 Å². The second-order valence-corrected chi connectivity index (χ2v) is 3.38. The van der Waals surface area contributed by atoms with Crippen molar-refractivity contribution in [3.8, 4) is 6.07 Å². The molecule has 0 amide bonds. The maximum Gasteiger partial charge on any atom is 0.156 e. The summed E-state index contributed by atoms with van der Waals surface area (Å²) in [4.78, 5) is 0. The molecule has 14 heavy (non-hydrogen) atoms. The zero-order chi connectivity index (χ0) is 11.2. The van der Waals surface area contributed by atoms with Crippen LogP contribution in [0.15, 0.2) is 11.8 Å². The molecular weight excluding hydrogens is 180 g/mol. The van der Waals surface area contributed by atoms with Gasteiger partial charge >= 0.3 is 0 Å². The van der Waals surface area contributed by atoms with Crippen LogP contribution in [0.4, 0.5) is 0 Å². The van der Waals surface area contributed by atoms with Gasteiger partial charge in [0.05, 0.1) is 11.8 Å². The number of nitriles is 1. The molecule has 0 aliphatic carbocycles. The van der Waals surface area contributed by atoms with Crippen molar-refractivity contribution in [1.29, 1.82) is 5.26 Å². The smallest absolute Gasteiger partial charge is 0.156 e. The first-order valence-electron chi connectivity index (χ1n) is 4.59. The van der Waals surface area contributed by atoms with Crippen LogP contribution in [0.5, 0.6) is 0 Å². The molecule has 0 spiro atoms. The molecule has 1 atom stereocenters. The van der Waals surface area contributed by atoms with E-state index in [1.54, 1.807) is 20.8 Å². The van der Waals surface area contributed by atoms with Crippen molar-refractivity contribution in [2.24, 2.45) is 5.73 Å². The molecular formula is C10H18N2O2. The van der Waals surface area contributed by atoms with Crippen molar-refractivity contribution in [1.82, 2.24) is 0 Å². The third kappa shape index (κ3) is 4.26. The number of rotatable bonds is 5. The second-order valence-electron chi connectivity index (χ2n) is 3.38. The SMILES string of the molecule is CCOC(C)OC(C)(C)/C(N)=C/C#N. The molecule has 0 aliphatic heterocycles. The third-order valence-electron chi connectivity index (χ3n) is 1.78. The summed E-state index contributed by atoms with van der Waals surface area (Å²) in [6, 6.07) is 1.87. The van der Waals surface area contributed by atoms with Crippen LogP contribution in [0.25, 0.3) is 0 Å². The Balaban J connectivity index is 4.34. The van der Waals surface area contributed by atoms with Gasteiger partial charge in [-0.25, -0.2) is 0 Å². The average Bonchev–Trinajstić information content (AvgIpc) is 2.03. The number of hydrogen-bond acceptors (Lipinski definition) is 4. The highest BCUT2D eigenvalue weighted by molar-refractivity contribution is 5.18. The van der Waals surface area contributed by atoms with Crippen LogP contribution in [-0.2, 0) is 9.47 Å². The van der Waals surface area contributed by atoms with Gasteiger partial charge in [0.25, 0.3) is 0 Å². The fraction of sp³-hybridized carbons (Fsp3) is 0.700. The fourth-order valence-electron chi connectivity index (χ4n) is 0.995. The molecule has 0 rings (SSSR count). The Morgan fingerprint density at radius 1 is 1.64 bits per heavy atom. The van der Waals surface area contributed by atoms with E-state index in [0.29, 0.717) is 12.3 Å². The third-order valence-corrected chi connectivity index (χ3v) is 1.78. The second kappa shape index (κ2) is 5.63. The van der Waals surface area contributed by atoms with E-state index in [2.05, 4.69) is 0 Å². The summed E-state index contributed by atoms with van der Waals surface area (Å²) in [6.45, 7) is 7.86. The molecule has 0 bridgehead atoms. The number of allylic oxidation sites excluding steroid dienone is 1. The fourth-order valence-corrected chi connectivity index (χ4v) is 0.995. The standard InChI is InChI=1S/C10H18N2O2/c1-5-13-8(2)14-10(3,4)9(12)6-7-11/h6,8H,5,12H2,1-4H3/b9-6-. The van der Waals surface area contributed by atoms with E-state index in [1.807, 2.05) is 13.0 Å². The average molecular weight is 198 g/mol. The molecule has 0 aliphatic rings. The maximum atomic E-state index is 8.44. The van der Waals surface area contributed by atoms with E-state index in [9.17, 15) is 0 Å². The van der Waals surface area contributed by atoms with E-state index in [4.69, 9.17) is 20.5 Å². The van der Waals surface area contributed by atoms with Crippen molar-refractivity contribution in [2.45, 2.75) is 39.6 Å². The first kappa shape index (κ1) is 12.9. The Labute approximate surface area is 85.3 Å². The van der Waals surface area contributed by atoms with Crippen LogP contribution in [0.1, 0.15) is 27.7 Å². The van der Waals surface area contributed by atoms with E-state index in [0.717, 1.165) is 0 Å². The summed E-state index contributed by atoms with van der Waals surface area (Å²) in [5.74, 6) is 0. The van der Waals surface area contributed by atoms with Gasteiger partial charge in [0.1, 0.15) is 5.60 Å². The molecule has 0 heterocycles. The van der Waals surface area contributed by atoms with Gasteiger partial charge in [0, 0.05) is 12.7 Å². The molecule has 1 unspecified atom stereocenters. The highest BCUT2D eigenvalue weighted by Gasteiger charge is 2.24. The zero-order valence-corrected chi connectivity index (χ0v) is 9.20. The highest BCUT2D eigenvalue weighted by atomic mass is 16.7. The Bertz CT molecular complexity index is 241. The summed E-state index contributed by atoms with van der Waals surface area (Å²) >= 11 is 0. The van der Waals surface area contributed by atoms with Crippen LogP contribution in [0, 0.1) is 11.3 Å². The first-order chi connectivity index (χ1) is 6.44. The molecule has 4 heteroatoms. The lowest BCUT2D eigenvalue weighted by molar-refractivity contribution is -0.176. The van der Waals surface area contributed by atoms with E-state index >= 15 is 0 Å². The number of nitrogens with two attached hydrogens (primary N) is 1. The van der Waals surface area contributed by atoms with Gasteiger partial charge < -0.3 is 15.2 Å². The predicted molar refractivity (Wildman–Crippen MR) is 54.1 cm³/mol. The van der Waals surface area contributed by atoms with Gasteiger partial charge in [-0.1, -0.05) is 0 Å². The van der Waals surface area contributed by atoms with Crippen LogP contribution >= 0.6 is 0 Å². The predicted octanol–water partition coefficient (Wildman–Crippen LogP) is 1.53. The van der Waals surface area contributed by atoms with Gasteiger partial charge in [-0.3, -0.25) is 0 Å². The van der Waals surface area contributed by atoms with Crippen molar-refractivity contribution < 1.29 is 9.47 Å². The number of hydrogen-bond donors (Lipinski definition) is 1. The minimum Gasteiger partial charge on any atom is -0.399 e. The summed E-state index contributed by atoms with van der Waals surface area (Å²) in [5, 5.41) is 8.44. The van der Waals surface area contributed by atoms with Crippen LogP contribution in [0.2, 0.25) is 0 Å². The Kier molecular flexibility index (Phi) is 5.21. The van der Waals surface area contributed by atoms with Crippen molar-refractivity contribution in [3.05, 3.63) is 11.8 Å². The quantitative estimate of drug-likeness (QED) is 0.537. The summed E-state index contributed by atoms with van der Waals surface area (Å²) < 4.78 is 10.7. The van der Waals surface area contributed by atoms with Crippen LogP contribution in [-0.4, -0.2) is 18.5 Å². The molecule has 4 nitrogen and oxygen atoms in total. The van der Waals surface area contributed by atoms with Crippen LogP contribution < -0.4 is 5.73 Å². The molecule has 2 N–H and O–H groups in total. The minimum atomic E-state index is -0.676. The largest absolute Gasteiger partial charge is 0.399 e. The van der Waals surface area contributed by atoms with E-state index < -0.39 is 5.60 Å². The van der Waals surface area contributed by atoms with Gasteiger partial charge in [-0.2, -0.15) is 5.26 Å².